The van der Waals surface area contributed by atoms with Crippen LogP contribution in [0.4, 0.5) is 0 Å². The first kappa shape index (κ1) is 10.2. The highest BCUT2D eigenvalue weighted by molar-refractivity contribution is 7.13. The Morgan fingerprint density at radius 2 is 2.31 bits per heavy atom. The molecule has 0 radical (unpaired) electrons. The lowest BCUT2D eigenvalue weighted by Gasteiger charge is -2.25. The Morgan fingerprint density at radius 1 is 1.50 bits per heavy atom. The van der Waals surface area contributed by atoms with Gasteiger partial charge in [-0.25, -0.2) is 4.98 Å². The molecule has 1 aromatic heterocycles. The fraction of sp³-hybridized carbons (Fsp3) is 0.636. The maximum Gasteiger partial charge on any atom is 0.266 e. The minimum absolute atomic E-state index is 0.199. The van der Waals surface area contributed by atoms with Crippen molar-refractivity contribution in [2.24, 2.45) is 5.73 Å². The molecule has 1 fully saturated rings. The molecule has 0 saturated heterocycles. The number of fused-ring (bicyclic) bond motifs is 1. The van der Waals surface area contributed by atoms with Gasteiger partial charge in [0.15, 0.2) is 0 Å². The lowest BCUT2D eigenvalue weighted by atomic mass is 10.1. The summed E-state index contributed by atoms with van der Waals surface area (Å²) in [4.78, 5) is 19.6. The molecule has 0 spiro atoms. The highest BCUT2D eigenvalue weighted by Crippen LogP contribution is 2.33. The summed E-state index contributed by atoms with van der Waals surface area (Å²) < 4.78 is 0. The first-order chi connectivity index (χ1) is 7.79. The molecule has 0 atom stereocenters. The maximum atomic E-state index is 12.2. The number of carbonyl (C=O) groups excluding carboxylic acids is 1. The lowest BCUT2D eigenvalue weighted by molar-refractivity contribution is 0.0731. The predicted molar refractivity (Wildman–Crippen MR) is 62.6 cm³/mol. The molecule has 86 valence electrons. The molecular formula is C11H15N3OS. The third-order valence-corrected chi connectivity index (χ3v) is 4.28. The third kappa shape index (κ3) is 1.64. The Bertz CT molecular complexity index is 425. The van der Waals surface area contributed by atoms with Crippen LogP contribution in [-0.2, 0) is 12.8 Å². The fourth-order valence-electron chi connectivity index (χ4n) is 2.16. The van der Waals surface area contributed by atoms with Crippen LogP contribution in [0, 0.1) is 0 Å². The molecule has 16 heavy (non-hydrogen) atoms. The van der Waals surface area contributed by atoms with Crippen molar-refractivity contribution in [3.63, 3.8) is 0 Å². The summed E-state index contributed by atoms with van der Waals surface area (Å²) in [7, 11) is 0. The molecule has 1 aromatic rings. The maximum absolute atomic E-state index is 12.2. The monoisotopic (exact) mass is 237 g/mol. The molecule has 1 aliphatic heterocycles. The highest BCUT2D eigenvalue weighted by atomic mass is 32.1. The number of rotatable bonds is 3. The number of hydrogen-bond acceptors (Lipinski definition) is 4. The zero-order chi connectivity index (χ0) is 11.1. The van der Waals surface area contributed by atoms with E-state index in [4.69, 9.17) is 5.73 Å². The summed E-state index contributed by atoms with van der Waals surface area (Å²) in [6.07, 6.45) is 4.05. The molecule has 0 unspecified atom stereocenters. The number of carbonyl (C=O) groups is 1. The smallest absolute Gasteiger partial charge is 0.266 e. The highest BCUT2D eigenvalue weighted by Gasteiger charge is 2.37. The molecule has 0 aromatic carbocycles. The van der Waals surface area contributed by atoms with Gasteiger partial charge < -0.3 is 10.6 Å². The van der Waals surface area contributed by atoms with Gasteiger partial charge in [-0.15, -0.1) is 11.3 Å². The van der Waals surface area contributed by atoms with Gasteiger partial charge >= 0.3 is 0 Å². The first-order valence-electron chi connectivity index (χ1n) is 5.79. The summed E-state index contributed by atoms with van der Waals surface area (Å²) in [6, 6.07) is 0.515. The van der Waals surface area contributed by atoms with Crippen LogP contribution in [0.2, 0.25) is 0 Å². The van der Waals surface area contributed by atoms with E-state index < -0.39 is 0 Å². The van der Waals surface area contributed by atoms with Gasteiger partial charge in [-0.3, -0.25) is 4.79 Å². The average Bonchev–Trinajstić information content (AvgIpc) is 3.01. The molecule has 0 bridgehead atoms. The van der Waals surface area contributed by atoms with Crippen LogP contribution >= 0.6 is 11.3 Å². The number of amides is 1. The van der Waals surface area contributed by atoms with E-state index in [1.54, 1.807) is 0 Å². The number of thiazole rings is 1. The van der Waals surface area contributed by atoms with E-state index in [0.717, 1.165) is 35.0 Å². The summed E-state index contributed by atoms with van der Waals surface area (Å²) in [5, 5.41) is 1.01. The second kappa shape index (κ2) is 3.82. The first-order valence-corrected chi connectivity index (χ1v) is 6.61. The Morgan fingerprint density at radius 3 is 3.00 bits per heavy atom. The molecular weight excluding hydrogens is 222 g/mol. The van der Waals surface area contributed by atoms with E-state index in [9.17, 15) is 4.79 Å². The van der Waals surface area contributed by atoms with Gasteiger partial charge in [-0.05, 0) is 19.4 Å². The van der Waals surface area contributed by atoms with E-state index >= 15 is 0 Å². The summed E-state index contributed by atoms with van der Waals surface area (Å²) >= 11 is 1.53. The van der Waals surface area contributed by atoms with Crippen molar-refractivity contribution >= 4 is 17.2 Å². The molecule has 2 heterocycles. The molecule has 1 amide bonds. The van der Waals surface area contributed by atoms with Crippen LogP contribution in [0.5, 0.6) is 0 Å². The third-order valence-electron chi connectivity index (χ3n) is 3.13. The van der Waals surface area contributed by atoms with Gasteiger partial charge in [0, 0.05) is 25.4 Å². The molecule has 1 aliphatic carbocycles. The van der Waals surface area contributed by atoms with Crippen molar-refractivity contribution in [3.05, 3.63) is 15.6 Å². The Balaban J connectivity index is 1.87. The quantitative estimate of drug-likeness (QED) is 0.846. The minimum atomic E-state index is 0.199. The van der Waals surface area contributed by atoms with Gasteiger partial charge in [0.2, 0.25) is 0 Å². The number of hydrogen-bond donors (Lipinski definition) is 1. The van der Waals surface area contributed by atoms with Gasteiger partial charge in [0.05, 0.1) is 10.7 Å². The van der Waals surface area contributed by atoms with Crippen LogP contribution in [0.3, 0.4) is 0 Å². The second-order valence-electron chi connectivity index (χ2n) is 4.40. The van der Waals surface area contributed by atoms with Crippen LogP contribution < -0.4 is 5.73 Å². The van der Waals surface area contributed by atoms with Crippen LogP contribution in [0.25, 0.3) is 0 Å². The standard InChI is InChI=1S/C11H15N3OS/c12-5-3-9-13-8-4-6-14(7-1-2-7)11(15)10(8)16-9/h7H,1-6,12H2. The SMILES string of the molecule is NCCc1nc2c(s1)C(=O)N(C1CC1)CC2. The van der Waals surface area contributed by atoms with Crippen molar-refractivity contribution in [2.45, 2.75) is 31.7 Å². The molecule has 3 rings (SSSR count). The minimum Gasteiger partial charge on any atom is -0.335 e. The average molecular weight is 237 g/mol. The number of aromatic nitrogens is 1. The Hall–Kier alpha value is -0.940. The lowest BCUT2D eigenvalue weighted by Crippen LogP contribution is -2.38. The van der Waals surface area contributed by atoms with Crippen LogP contribution in [-0.4, -0.2) is 34.9 Å². The number of nitrogens with zero attached hydrogens (tertiary/aromatic N) is 2. The van der Waals surface area contributed by atoms with Crippen molar-refractivity contribution in [1.29, 1.82) is 0 Å². The van der Waals surface area contributed by atoms with Gasteiger partial charge in [0.25, 0.3) is 5.91 Å². The molecule has 5 heteroatoms. The zero-order valence-electron chi connectivity index (χ0n) is 9.11. The van der Waals surface area contributed by atoms with Gasteiger partial charge in [-0.2, -0.15) is 0 Å². The zero-order valence-corrected chi connectivity index (χ0v) is 9.92. The van der Waals surface area contributed by atoms with Crippen molar-refractivity contribution < 1.29 is 4.79 Å². The van der Waals surface area contributed by atoms with Gasteiger partial charge in [-0.1, -0.05) is 0 Å². The van der Waals surface area contributed by atoms with Gasteiger partial charge in [0.1, 0.15) is 4.88 Å². The van der Waals surface area contributed by atoms with E-state index in [1.807, 2.05) is 4.90 Å². The summed E-state index contributed by atoms with van der Waals surface area (Å²) in [6.45, 7) is 1.45. The number of nitrogens with two attached hydrogens (primary N) is 1. The van der Waals surface area contributed by atoms with E-state index in [1.165, 1.54) is 24.2 Å². The molecule has 2 N–H and O–H groups in total. The van der Waals surface area contributed by atoms with Crippen molar-refractivity contribution in [1.82, 2.24) is 9.88 Å². The fourth-order valence-corrected chi connectivity index (χ4v) is 3.24. The van der Waals surface area contributed by atoms with E-state index in [-0.39, 0.29) is 5.91 Å². The summed E-state index contributed by atoms with van der Waals surface area (Å²) in [5.74, 6) is 0.199. The van der Waals surface area contributed by atoms with E-state index in [2.05, 4.69) is 4.98 Å². The normalized spacial score (nSPS) is 20.1. The second-order valence-corrected chi connectivity index (χ2v) is 5.49. The Kier molecular flexibility index (Phi) is 2.44. The molecule has 1 saturated carbocycles. The summed E-state index contributed by atoms with van der Waals surface area (Å²) in [5.41, 5.74) is 6.51. The van der Waals surface area contributed by atoms with Crippen molar-refractivity contribution in [2.75, 3.05) is 13.1 Å². The van der Waals surface area contributed by atoms with E-state index in [0.29, 0.717) is 12.6 Å². The van der Waals surface area contributed by atoms with Crippen molar-refractivity contribution in [3.8, 4) is 0 Å². The molecule has 2 aliphatic rings. The Labute approximate surface area is 98.5 Å². The van der Waals surface area contributed by atoms with Crippen LogP contribution in [0.15, 0.2) is 0 Å². The molecule has 4 nitrogen and oxygen atoms in total. The largest absolute Gasteiger partial charge is 0.335 e. The topological polar surface area (TPSA) is 59.2 Å². The van der Waals surface area contributed by atoms with Crippen LogP contribution in [0.1, 0.15) is 33.2 Å². The predicted octanol–water partition coefficient (Wildman–Crippen LogP) is 0.805.